The molecule has 0 spiro atoms. The lowest BCUT2D eigenvalue weighted by Crippen LogP contribution is -2.18. The Morgan fingerprint density at radius 2 is 1.81 bits per heavy atom. The first-order valence-electron chi connectivity index (χ1n) is 4.54. The molecule has 1 unspecified atom stereocenters. The van der Waals surface area contributed by atoms with Crippen LogP contribution in [0.1, 0.15) is 5.56 Å². The van der Waals surface area contributed by atoms with Crippen molar-refractivity contribution in [1.29, 1.82) is 0 Å². The topological polar surface area (TPSA) is 34.1 Å². The molecule has 0 aliphatic carbocycles. The van der Waals surface area contributed by atoms with Crippen LogP contribution in [0.25, 0.3) is 0 Å². The lowest BCUT2D eigenvalue weighted by Gasteiger charge is -2.09. The molecule has 0 aliphatic heterocycles. The second-order valence-electron chi connectivity index (χ2n) is 3.59. The van der Waals surface area contributed by atoms with Crippen LogP contribution < -0.4 is 0 Å². The maximum atomic E-state index is 13.2. The maximum Gasteiger partial charge on any atom is 0.148 e. The van der Waals surface area contributed by atoms with E-state index in [0.29, 0.717) is 0 Å². The van der Waals surface area contributed by atoms with Crippen molar-refractivity contribution >= 4 is 21.4 Å². The molecule has 0 aromatic heterocycles. The van der Waals surface area contributed by atoms with Crippen molar-refractivity contribution in [3.63, 3.8) is 0 Å². The van der Waals surface area contributed by atoms with Crippen molar-refractivity contribution in [1.82, 2.24) is 0 Å². The molecule has 2 nitrogen and oxygen atoms in total. The Bertz CT molecular complexity index is 453. The van der Waals surface area contributed by atoms with E-state index < -0.39 is 26.8 Å². The Balaban J connectivity index is 2.81. The molecular weight excluding hydrogens is 258 g/mol. The van der Waals surface area contributed by atoms with Gasteiger partial charge in [-0.25, -0.2) is 17.2 Å². The molecule has 0 bridgehead atoms. The fourth-order valence-corrected chi connectivity index (χ4v) is 2.95. The second-order valence-corrected chi connectivity index (χ2v) is 6.40. The molecule has 0 radical (unpaired) electrons. The molecule has 0 heterocycles. The van der Waals surface area contributed by atoms with Crippen LogP contribution >= 0.6 is 11.6 Å². The summed E-state index contributed by atoms with van der Waals surface area (Å²) in [5.41, 5.74) is -0.175. The van der Waals surface area contributed by atoms with Crippen molar-refractivity contribution in [2.75, 3.05) is 12.0 Å². The minimum Gasteiger partial charge on any atom is -0.229 e. The highest BCUT2D eigenvalue weighted by atomic mass is 35.5. The number of rotatable bonds is 4. The Morgan fingerprint density at radius 1 is 1.31 bits per heavy atom. The largest absolute Gasteiger partial charge is 0.229 e. The third kappa shape index (κ3) is 4.06. The molecule has 1 aromatic rings. The van der Waals surface area contributed by atoms with E-state index in [2.05, 4.69) is 0 Å². The van der Waals surface area contributed by atoms with E-state index in [1.807, 2.05) is 0 Å². The summed E-state index contributed by atoms with van der Waals surface area (Å²) in [5, 5.41) is -0.832. The zero-order valence-electron chi connectivity index (χ0n) is 8.58. The fourth-order valence-electron chi connectivity index (χ4n) is 1.34. The average Bonchev–Trinajstić information content (AvgIpc) is 2.08. The molecule has 1 aromatic carbocycles. The molecule has 0 saturated carbocycles. The molecule has 1 rings (SSSR count). The van der Waals surface area contributed by atoms with Crippen LogP contribution in [0.2, 0.25) is 0 Å². The number of hydrogen-bond acceptors (Lipinski definition) is 2. The summed E-state index contributed by atoms with van der Waals surface area (Å²) in [7, 11) is -3.25. The first-order chi connectivity index (χ1) is 7.29. The highest BCUT2D eigenvalue weighted by Crippen LogP contribution is 2.17. The predicted molar refractivity (Wildman–Crippen MR) is 59.4 cm³/mol. The van der Waals surface area contributed by atoms with E-state index in [9.17, 15) is 17.2 Å². The lowest BCUT2D eigenvalue weighted by atomic mass is 10.1. The van der Waals surface area contributed by atoms with E-state index in [1.165, 1.54) is 6.07 Å². The van der Waals surface area contributed by atoms with E-state index in [1.54, 1.807) is 0 Å². The van der Waals surface area contributed by atoms with Crippen LogP contribution in [0, 0.1) is 11.6 Å². The van der Waals surface area contributed by atoms with Gasteiger partial charge in [0, 0.05) is 11.8 Å². The molecule has 0 fully saturated rings. The molecule has 16 heavy (non-hydrogen) atoms. The number of sulfone groups is 1. The van der Waals surface area contributed by atoms with Crippen molar-refractivity contribution in [3.8, 4) is 0 Å². The smallest absolute Gasteiger partial charge is 0.148 e. The number of hydrogen-bond donors (Lipinski definition) is 0. The summed E-state index contributed by atoms with van der Waals surface area (Å²) in [6, 6.07) is 3.47. The number of benzene rings is 1. The molecule has 0 saturated heterocycles. The lowest BCUT2D eigenvalue weighted by molar-refractivity contribution is 0.552. The first kappa shape index (κ1) is 13.4. The predicted octanol–water partition coefficient (Wildman–Crippen LogP) is 2.16. The number of halogens is 3. The molecule has 90 valence electrons. The minimum absolute atomic E-state index is 0.146. The van der Waals surface area contributed by atoms with Gasteiger partial charge in [-0.3, -0.25) is 0 Å². The summed E-state index contributed by atoms with van der Waals surface area (Å²) >= 11 is 5.73. The quantitative estimate of drug-likeness (QED) is 0.784. The standard InChI is InChI=1S/C10H11ClF2O2S/c1-16(14,15)6-7(11)5-8-9(12)3-2-4-10(8)13/h2-4,7H,5-6H2,1H3. The Labute approximate surface area is 98.2 Å². The van der Waals surface area contributed by atoms with Crippen LogP contribution in [-0.2, 0) is 16.3 Å². The van der Waals surface area contributed by atoms with Crippen molar-refractivity contribution in [2.24, 2.45) is 0 Å². The molecule has 0 N–H and O–H groups in total. The van der Waals surface area contributed by atoms with E-state index in [-0.39, 0.29) is 17.7 Å². The first-order valence-corrected chi connectivity index (χ1v) is 7.04. The average molecular weight is 269 g/mol. The molecule has 1 atom stereocenters. The van der Waals surface area contributed by atoms with Crippen molar-refractivity contribution < 1.29 is 17.2 Å². The van der Waals surface area contributed by atoms with Gasteiger partial charge in [-0.05, 0) is 18.6 Å². The third-order valence-electron chi connectivity index (χ3n) is 1.97. The van der Waals surface area contributed by atoms with E-state index in [4.69, 9.17) is 11.6 Å². The summed E-state index contributed by atoms with van der Waals surface area (Å²) in [4.78, 5) is 0. The Kier molecular flexibility index (Phi) is 4.27. The van der Waals surface area contributed by atoms with Gasteiger partial charge >= 0.3 is 0 Å². The second kappa shape index (κ2) is 5.10. The van der Waals surface area contributed by atoms with Gasteiger partial charge in [0.05, 0.1) is 11.1 Å². The Morgan fingerprint density at radius 3 is 2.25 bits per heavy atom. The van der Waals surface area contributed by atoms with Crippen LogP contribution in [0.3, 0.4) is 0 Å². The fraction of sp³-hybridized carbons (Fsp3) is 0.400. The molecular formula is C10H11ClF2O2S. The van der Waals surface area contributed by atoms with Crippen LogP contribution in [-0.4, -0.2) is 25.8 Å². The van der Waals surface area contributed by atoms with Gasteiger partial charge in [-0.2, -0.15) is 0 Å². The zero-order valence-corrected chi connectivity index (χ0v) is 10.2. The van der Waals surface area contributed by atoms with Gasteiger partial charge < -0.3 is 0 Å². The number of alkyl halides is 1. The SMILES string of the molecule is CS(=O)(=O)CC(Cl)Cc1c(F)cccc1F. The van der Waals surface area contributed by atoms with Crippen LogP contribution in [0.15, 0.2) is 18.2 Å². The Hall–Kier alpha value is -0.680. The summed E-state index contributed by atoms with van der Waals surface area (Å²) < 4.78 is 48.3. The molecule has 6 heteroatoms. The van der Waals surface area contributed by atoms with E-state index >= 15 is 0 Å². The summed E-state index contributed by atoms with van der Waals surface area (Å²) in [6.45, 7) is 0. The van der Waals surface area contributed by atoms with Gasteiger partial charge in [-0.15, -0.1) is 11.6 Å². The highest BCUT2D eigenvalue weighted by molar-refractivity contribution is 7.90. The van der Waals surface area contributed by atoms with Gasteiger partial charge in [0.15, 0.2) is 0 Å². The van der Waals surface area contributed by atoms with Crippen molar-refractivity contribution in [2.45, 2.75) is 11.8 Å². The highest BCUT2D eigenvalue weighted by Gasteiger charge is 2.17. The molecule has 0 amide bonds. The van der Waals surface area contributed by atoms with Crippen LogP contribution in [0.5, 0.6) is 0 Å². The zero-order chi connectivity index (χ0) is 12.3. The molecule has 0 aliphatic rings. The van der Waals surface area contributed by atoms with E-state index in [0.717, 1.165) is 18.4 Å². The monoisotopic (exact) mass is 268 g/mol. The minimum atomic E-state index is -3.25. The van der Waals surface area contributed by atoms with Gasteiger partial charge in [0.1, 0.15) is 21.5 Å². The van der Waals surface area contributed by atoms with Gasteiger partial charge in [-0.1, -0.05) is 6.07 Å². The van der Waals surface area contributed by atoms with Crippen LogP contribution in [0.4, 0.5) is 8.78 Å². The van der Waals surface area contributed by atoms with Gasteiger partial charge in [0.2, 0.25) is 0 Å². The van der Waals surface area contributed by atoms with Crippen molar-refractivity contribution in [3.05, 3.63) is 35.4 Å². The summed E-state index contributed by atoms with van der Waals surface area (Å²) in [5.74, 6) is -1.72. The normalized spacial score (nSPS) is 13.8. The van der Waals surface area contributed by atoms with Gasteiger partial charge in [0.25, 0.3) is 0 Å². The maximum absolute atomic E-state index is 13.2. The summed E-state index contributed by atoms with van der Waals surface area (Å²) in [6.07, 6.45) is 0.882. The third-order valence-corrected chi connectivity index (χ3v) is 3.47.